The van der Waals surface area contributed by atoms with Crippen LogP contribution in [0.25, 0.3) is 0 Å². The van der Waals surface area contributed by atoms with E-state index in [1.54, 1.807) is 19.2 Å². The van der Waals surface area contributed by atoms with E-state index in [2.05, 4.69) is 10.3 Å². The number of aryl methyl sites for hydroxylation is 1. The van der Waals surface area contributed by atoms with Crippen LogP contribution in [0.5, 0.6) is 11.5 Å². The molecule has 0 spiro atoms. The number of nitrogen functional groups attached to an aromatic ring is 1. The van der Waals surface area contributed by atoms with E-state index in [4.69, 9.17) is 15.2 Å². The van der Waals surface area contributed by atoms with Crippen LogP contribution in [0.2, 0.25) is 0 Å². The van der Waals surface area contributed by atoms with Crippen LogP contribution >= 0.6 is 0 Å². The molecule has 0 unspecified atom stereocenters. The molecule has 0 saturated carbocycles. The number of ether oxygens (including phenoxy) is 2. The maximum absolute atomic E-state index is 12.4. The molecule has 1 amide bonds. The number of pyridine rings is 1. The number of benzene rings is 2. The third-order valence-corrected chi connectivity index (χ3v) is 4.15. The van der Waals surface area contributed by atoms with E-state index in [1.165, 1.54) is 5.56 Å². The van der Waals surface area contributed by atoms with E-state index in [0.29, 0.717) is 24.4 Å². The van der Waals surface area contributed by atoms with Gasteiger partial charge in [0.25, 0.3) is 5.91 Å². The molecule has 6 nitrogen and oxygen atoms in total. The van der Waals surface area contributed by atoms with Gasteiger partial charge in [0.05, 0.1) is 17.9 Å². The minimum absolute atomic E-state index is 0.189. The van der Waals surface area contributed by atoms with Crippen LogP contribution in [0.3, 0.4) is 0 Å². The van der Waals surface area contributed by atoms with Crippen LogP contribution in [0.1, 0.15) is 27.2 Å². The number of nitrogens with two attached hydrogens (primary N) is 1. The summed E-state index contributed by atoms with van der Waals surface area (Å²) in [7, 11) is 1.58. The number of amides is 1. The molecule has 144 valence electrons. The van der Waals surface area contributed by atoms with Gasteiger partial charge in [0.15, 0.2) is 0 Å². The molecule has 6 heteroatoms. The summed E-state index contributed by atoms with van der Waals surface area (Å²) in [4.78, 5) is 16.5. The Bertz CT molecular complexity index is 938. The zero-order valence-electron chi connectivity index (χ0n) is 15.9. The summed E-state index contributed by atoms with van der Waals surface area (Å²) in [5, 5.41) is 2.85. The summed E-state index contributed by atoms with van der Waals surface area (Å²) in [6.07, 6.45) is 0. The third kappa shape index (κ3) is 5.08. The average molecular weight is 377 g/mol. The minimum Gasteiger partial charge on any atom is -0.457 e. The van der Waals surface area contributed by atoms with Crippen molar-refractivity contribution in [3.8, 4) is 11.5 Å². The maximum Gasteiger partial charge on any atom is 0.255 e. The number of carbonyl (C=O) groups excluding carboxylic acids is 1. The fraction of sp³-hybridized carbons (Fsp3) is 0.182. The Balaban J connectivity index is 1.57. The number of anilines is 1. The Morgan fingerprint density at radius 3 is 2.25 bits per heavy atom. The van der Waals surface area contributed by atoms with E-state index in [1.807, 2.05) is 55.5 Å². The van der Waals surface area contributed by atoms with Crippen molar-refractivity contribution in [1.82, 2.24) is 10.3 Å². The molecular formula is C22H23N3O3. The SMILES string of the molecule is COCc1ccc(C(=O)NCc2ccc(Oc3ccc(C)cc3)cc2)c(N)n1. The first-order chi connectivity index (χ1) is 13.5. The summed E-state index contributed by atoms with van der Waals surface area (Å²) in [5.41, 5.74) is 9.04. The molecule has 1 heterocycles. The van der Waals surface area contributed by atoms with Gasteiger partial charge in [-0.2, -0.15) is 0 Å². The predicted octanol–water partition coefficient (Wildman–Crippen LogP) is 3.84. The molecule has 28 heavy (non-hydrogen) atoms. The van der Waals surface area contributed by atoms with Crippen molar-refractivity contribution in [3.63, 3.8) is 0 Å². The Labute approximate surface area is 164 Å². The van der Waals surface area contributed by atoms with Crippen LogP contribution < -0.4 is 15.8 Å². The quantitative estimate of drug-likeness (QED) is 0.653. The number of rotatable bonds is 7. The van der Waals surface area contributed by atoms with Gasteiger partial charge in [0.1, 0.15) is 17.3 Å². The predicted molar refractivity (Wildman–Crippen MR) is 108 cm³/mol. The van der Waals surface area contributed by atoms with Gasteiger partial charge in [0, 0.05) is 13.7 Å². The van der Waals surface area contributed by atoms with Gasteiger partial charge in [-0.15, -0.1) is 0 Å². The van der Waals surface area contributed by atoms with Gasteiger partial charge in [-0.3, -0.25) is 4.79 Å². The van der Waals surface area contributed by atoms with Crippen LogP contribution in [0, 0.1) is 6.92 Å². The Morgan fingerprint density at radius 2 is 1.64 bits per heavy atom. The number of methoxy groups -OCH3 is 1. The lowest BCUT2D eigenvalue weighted by Crippen LogP contribution is -2.24. The van der Waals surface area contributed by atoms with Gasteiger partial charge in [-0.1, -0.05) is 29.8 Å². The van der Waals surface area contributed by atoms with Crippen molar-refractivity contribution in [2.24, 2.45) is 0 Å². The summed E-state index contributed by atoms with van der Waals surface area (Å²) in [5.74, 6) is 1.44. The van der Waals surface area contributed by atoms with E-state index in [0.717, 1.165) is 17.1 Å². The third-order valence-electron chi connectivity index (χ3n) is 4.15. The fourth-order valence-electron chi connectivity index (χ4n) is 2.63. The smallest absolute Gasteiger partial charge is 0.255 e. The van der Waals surface area contributed by atoms with E-state index < -0.39 is 0 Å². The Kier molecular flexibility index (Phi) is 6.24. The molecular weight excluding hydrogens is 354 g/mol. The topological polar surface area (TPSA) is 86.5 Å². The first kappa shape index (κ1) is 19.4. The van der Waals surface area contributed by atoms with Crippen LogP contribution in [-0.4, -0.2) is 18.0 Å². The van der Waals surface area contributed by atoms with Gasteiger partial charge in [-0.25, -0.2) is 4.98 Å². The van der Waals surface area contributed by atoms with Crippen molar-refractivity contribution in [2.75, 3.05) is 12.8 Å². The first-order valence-corrected chi connectivity index (χ1v) is 8.91. The number of nitrogens with zero attached hydrogens (tertiary/aromatic N) is 1. The number of hydrogen-bond acceptors (Lipinski definition) is 5. The lowest BCUT2D eigenvalue weighted by molar-refractivity contribution is 0.0951. The lowest BCUT2D eigenvalue weighted by Gasteiger charge is -2.10. The number of carbonyl (C=O) groups is 1. The molecule has 1 aromatic heterocycles. The van der Waals surface area contributed by atoms with E-state index in [9.17, 15) is 4.79 Å². The summed E-state index contributed by atoms with van der Waals surface area (Å²) in [6.45, 7) is 2.76. The van der Waals surface area contributed by atoms with Crippen LogP contribution in [-0.2, 0) is 17.9 Å². The van der Waals surface area contributed by atoms with Crippen molar-refractivity contribution < 1.29 is 14.3 Å². The number of nitrogens with one attached hydrogen (secondary N) is 1. The molecule has 2 aromatic carbocycles. The Hall–Kier alpha value is -3.38. The van der Waals surface area contributed by atoms with Crippen molar-refractivity contribution in [1.29, 1.82) is 0 Å². The van der Waals surface area contributed by atoms with Crippen molar-refractivity contribution >= 4 is 11.7 Å². The highest BCUT2D eigenvalue weighted by molar-refractivity contribution is 5.98. The highest BCUT2D eigenvalue weighted by Gasteiger charge is 2.11. The molecule has 0 fully saturated rings. The summed E-state index contributed by atoms with van der Waals surface area (Å²) in [6, 6.07) is 18.8. The highest BCUT2D eigenvalue weighted by atomic mass is 16.5. The summed E-state index contributed by atoms with van der Waals surface area (Å²) < 4.78 is 10.8. The second kappa shape index (κ2) is 9.01. The van der Waals surface area contributed by atoms with Crippen molar-refractivity contribution in [2.45, 2.75) is 20.1 Å². The standard InChI is InChI=1S/C22H23N3O3/c1-15-3-8-18(9-4-15)28-19-10-5-16(6-11-19)13-24-22(26)20-12-7-17(14-27-2)25-21(20)23/h3-12H,13-14H2,1-2H3,(H2,23,25)(H,24,26). The van der Waals surface area contributed by atoms with E-state index >= 15 is 0 Å². The number of aromatic nitrogens is 1. The molecule has 0 aliphatic rings. The van der Waals surface area contributed by atoms with Crippen LogP contribution in [0.4, 0.5) is 5.82 Å². The second-order valence-corrected chi connectivity index (χ2v) is 6.41. The lowest BCUT2D eigenvalue weighted by atomic mass is 10.2. The highest BCUT2D eigenvalue weighted by Crippen LogP contribution is 2.22. The molecule has 3 rings (SSSR count). The molecule has 0 bridgehead atoms. The Morgan fingerprint density at radius 1 is 1.00 bits per heavy atom. The molecule has 0 radical (unpaired) electrons. The summed E-state index contributed by atoms with van der Waals surface area (Å²) >= 11 is 0. The molecule has 0 atom stereocenters. The maximum atomic E-state index is 12.4. The second-order valence-electron chi connectivity index (χ2n) is 6.41. The van der Waals surface area contributed by atoms with E-state index in [-0.39, 0.29) is 11.7 Å². The zero-order chi connectivity index (χ0) is 19.9. The molecule has 3 aromatic rings. The van der Waals surface area contributed by atoms with Gasteiger partial charge in [0.2, 0.25) is 0 Å². The van der Waals surface area contributed by atoms with Gasteiger partial charge >= 0.3 is 0 Å². The normalized spacial score (nSPS) is 10.5. The van der Waals surface area contributed by atoms with Gasteiger partial charge in [-0.05, 0) is 48.9 Å². The molecule has 0 saturated heterocycles. The monoisotopic (exact) mass is 377 g/mol. The largest absolute Gasteiger partial charge is 0.457 e. The first-order valence-electron chi connectivity index (χ1n) is 8.91. The molecule has 0 aliphatic heterocycles. The van der Waals surface area contributed by atoms with Gasteiger partial charge < -0.3 is 20.5 Å². The molecule has 3 N–H and O–H groups in total. The minimum atomic E-state index is -0.269. The zero-order valence-corrected chi connectivity index (χ0v) is 15.9. The fourth-order valence-corrected chi connectivity index (χ4v) is 2.63. The van der Waals surface area contributed by atoms with Crippen LogP contribution in [0.15, 0.2) is 60.7 Å². The molecule has 0 aliphatic carbocycles. The average Bonchev–Trinajstić information content (AvgIpc) is 2.69. The number of hydrogen-bond donors (Lipinski definition) is 2. The van der Waals surface area contributed by atoms with Crippen molar-refractivity contribution in [3.05, 3.63) is 83.0 Å².